The third-order valence-corrected chi connectivity index (χ3v) is 4.52. The van der Waals surface area contributed by atoms with Gasteiger partial charge in [0.2, 0.25) is 0 Å². The Morgan fingerprint density at radius 1 is 0.926 bits per heavy atom. The van der Waals surface area contributed by atoms with Crippen molar-refractivity contribution in [2.75, 3.05) is 6.61 Å². The van der Waals surface area contributed by atoms with Gasteiger partial charge in [0.1, 0.15) is 6.73 Å². The zero-order valence-corrected chi connectivity index (χ0v) is 16.9. The van der Waals surface area contributed by atoms with Crippen molar-refractivity contribution >= 4 is 0 Å². The summed E-state index contributed by atoms with van der Waals surface area (Å²) >= 11 is 0. The number of nitrogens with zero attached hydrogens (tertiary/aromatic N) is 2. The fraction of sp³-hybridized carbons (Fsp3) is 0.850. The minimum absolute atomic E-state index is 0.302. The Hall–Kier alpha value is -1.24. The second kappa shape index (κ2) is 11.6. The summed E-state index contributed by atoms with van der Waals surface area (Å²) in [6.45, 7) is 6.94. The predicted molar refractivity (Wildman–Crippen MR) is 100 cm³/mol. The number of unbranched alkanes of at least 4 members (excludes halogenated alkanes) is 8. The monoisotopic (exact) mass is 392 g/mol. The smallest absolute Gasteiger partial charge is 0.436 e. The van der Waals surface area contributed by atoms with Crippen LogP contribution >= 0.6 is 0 Å². The molecule has 0 saturated carbocycles. The van der Waals surface area contributed by atoms with Crippen molar-refractivity contribution in [3.63, 3.8) is 0 Å². The van der Waals surface area contributed by atoms with E-state index in [4.69, 9.17) is 4.74 Å². The first-order chi connectivity index (χ1) is 12.6. The standard InChI is InChI=1S/C20H35F3N2O2/c1-19(2,3)13-11-9-7-5-4-6-8-10-12-14-27-16-25-18(20(21,22)23)17(26)15-24-25/h15,26H,4-14,16H2,1-3H3. The molecular weight excluding hydrogens is 357 g/mol. The van der Waals surface area contributed by atoms with Gasteiger partial charge < -0.3 is 9.84 Å². The summed E-state index contributed by atoms with van der Waals surface area (Å²) in [5.41, 5.74) is -0.723. The van der Waals surface area contributed by atoms with E-state index in [0.717, 1.165) is 25.5 Å². The Bertz CT molecular complexity index is 522. The van der Waals surface area contributed by atoms with Crippen LogP contribution in [0, 0.1) is 5.41 Å². The Morgan fingerprint density at radius 3 is 1.96 bits per heavy atom. The van der Waals surface area contributed by atoms with Gasteiger partial charge in [-0.2, -0.15) is 18.3 Å². The van der Waals surface area contributed by atoms with Gasteiger partial charge in [0.05, 0.1) is 6.20 Å². The highest BCUT2D eigenvalue weighted by atomic mass is 19.4. The van der Waals surface area contributed by atoms with Crippen LogP contribution in [0.5, 0.6) is 5.75 Å². The molecule has 0 saturated heterocycles. The quantitative estimate of drug-likeness (QED) is 0.388. The highest BCUT2D eigenvalue weighted by Crippen LogP contribution is 2.35. The molecule has 0 aliphatic rings. The minimum atomic E-state index is -4.64. The van der Waals surface area contributed by atoms with Crippen molar-refractivity contribution in [1.29, 1.82) is 0 Å². The molecule has 0 bridgehead atoms. The summed E-state index contributed by atoms with van der Waals surface area (Å²) in [6, 6.07) is 0. The molecule has 0 atom stereocenters. The van der Waals surface area contributed by atoms with Crippen molar-refractivity contribution < 1.29 is 23.0 Å². The highest BCUT2D eigenvalue weighted by molar-refractivity contribution is 5.25. The number of halogens is 3. The van der Waals surface area contributed by atoms with Crippen LogP contribution in [0.15, 0.2) is 6.20 Å². The molecular formula is C20H35F3N2O2. The maximum atomic E-state index is 12.8. The lowest BCUT2D eigenvalue weighted by molar-refractivity contribution is -0.148. The summed E-state index contributed by atoms with van der Waals surface area (Å²) in [6.07, 6.45) is 8.05. The van der Waals surface area contributed by atoms with Crippen LogP contribution in [0.3, 0.4) is 0 Å². The summed E-state index contributed by atoms with van der Waals surface area (Å²) in [4.78, 5) is 0. The van der Waals surface area contributed by atoms with Crippen LogP contribution in [-0.2, 0) is 17.6 Å². The Kier molecular flexibility index (Phi) is 10.2. The normalized spacial score (nSPS) is 12.7. The van der Waals surface area contributed by atoms with Crippen LogP contribution in [-0.4, -0.2) is 21.5 Å². The molecule has 158 valence electrons. The largest absolute Gasteiger partial charge is 0.504 e. The van der Waals surface area contributed by atoms with E-state index in [1.807, 2.05) is 0 Å². The van der Waals surface area contributed by atoms with E-state index >= 15 is 0 Å². The van der Waals surface area contributed by atoms with Gasteiger partial charge >= 0.3 is 6.18 Å². The van der Waals surface area contributed by atoms with Gasteiger partial charge in [-0.3, -0.25) is 0 Å². The minimum Gasteiger partial charge on any atom is -0.504 e. The number of aromatic nitrogens is 2. The molecule has 1 heterocycles. The number of aromatic hydroxyl groups is 1. The predicted octanol–water partition coefficient (Wildman–Crippen LogP) is 6.53. The van der Waals surface area contributed by atoms with Crippen LogP contribution in [0.2, 0.25) is 0 Å². The lowest BCUT2D eigenvalue weighted by Crippen LogP contribution is -2.16. The fourth-order valence-corrected chi connectivity index (χ4v) is 3.01. The first-order valence-corrected chi connectivity index (χ1v) is 10.0. The average Bonchev–Trinajstić information content (AvgIpc) is 2.91. The highest BCUT2D eigenvalue weighted by Gasteiger charge is 2.38. The molecule has 27 heavy (non-hydrogen) atoms. The SMILES string of the molecule is CC(C)(C)CCCCCCCCCCCOCn1ncc(O)c1C(F)(F)F. The van der Waals surface area contributed by atoms with Gasteiger partial charge in [0.25, 0.3) is 0 Å². The Labute approximate surface area is 161 Å². The summed E-state index contributed by atoms with van der Waals surface area (Å²) in [5.74, 6) is -0.871. The van der Waals surface area contributed by atoms with E-state index in [1.165, 1.54) is 44.9 Å². The second-order valence-electron chi connectivity index (χ2n) is 8.41. The van der Waals surface area contributed by atoms with Gasteiger partial charge in [-0.25, -0.2) is 4.68 Å². The molecule has 7 heteroatoms. The molecule has 0 aliphatic carbocycles. The molecule has 0 amide bonds. The van der Waals surface area contributed by atoms with Crippen LogP contribution in [0.4, 0.5) is 13.2 Å². The van der Waals surface area contributed by atoms with Crippen LogP contribution < -0.4 is 0 Å². The number of ether oxygens (including phenoxy) is 1. The van der Waals surface area contributed by atoms with E-state index in [1.54, 1.807) is 0 Å². The number of hydrogen-bond donors (Lipinski definition) is 1. The molecule has 0 aromatic carbocycles. The van der Waals surface area contributed by atoms with Crippen molar-refractivity contribution in [1.82, 2.24) is 9.78 Å². The third-order valence-electron chi connectivity index (χ3n) is 4.52. The van der Waals surface area contributed by atoms with Gasteiger partial charge in [-0.15, -0.1) is 0 Å². The summed E-state index contributed by atoms with van der Waals surface area (Å²) in [5, 5.41) is 12.7. The molecule has 4 nitrogen and oxygen atoms in total. The van der Waals surface area contributed by atoms with Gasteiger partial charge in [0, 0.05) is 6.61 Å². The maximum absolute atomic E-state index is 12.8. The van der Waals surface area contributed by atoms with Crippen molar-refractivity contribution in [2.45, 2.75) is 97.9 Å². The first-order valence-electron chi connectivity index (χ1n) is 10.0. The lowest BCUT2D eigenvalue weighted by atomic mass is 9.89. The van der Waals surface area contributed by atoms with Crippen LogP contribution in [0.25, 0.3) is 0 Å². The number of hydrogen-bond acceptors (Lipinski definition) is 3. The number of rotatable bonds is 13. The van der Waals surface area contributed by atoms with Gasteiger partial charge in [-0.05, 0) is 18.3 Å². The molecule has 0 aliphatic heterocycles. The lowest BCUT2D eigenvalue weighted by Gasteiger charge is -2.17. The van der Waals surface area contributed by atoms with Gasteiger partial charge in [0.15, 0.2) is 11.4 Å². The second-order valence-corrected chi connectivity index (χ2v) is 8.41. The van der Waals surface area contributed by atoms with E-state index in [-0.39, 0.29) is 6.73 Å². The van der Waals surface area contributed by atoms with Crippen molar-refractivity contribution in [3.8, 4) is 5.75 Å². The van der Waals surface area contributed by atoms with Crippen molar-refractivity contribution in [2.24, 2.45) is 5.41 Å². The van der Waals surface area contributed by atoms with Gasteiger partial charge in [-0.1, -0.05) is 72.1 Å². The zero-order chi connectivity index (χ0) is 20.3. The molecule has 1 aromatic heterocycles. The van der Waals surface area contributed by atoms with E-state index in [0.29, 0.717) is 16.7 Å². The molecule has 1 rings (SSSR count). The van der Waals surface area contributed by atoms with Crippen LogP contribution in [0.1, 0.15) is 90.7 Å². The molecule has 0 unspecified atom stereocenters. The first kappa shape index (κ1) is 23.8. The Morgan fingerprint density at radius 2 is 1.44 bits per heavy atom. The van der Waals surface area contributed by atoms with Crippen molar-refractivity contribution in [3.05, 3.63) is 11.9 Å². The molecule has 0 fully saturated rings. The third kappa shape index (κ3) is 10.6. The molecule has 1 N–H and O–H groups in total. The van der Waals surface area contributed by atoms with E-state index < -0.39 is 17.6 Å². The molecule has 0 radical (unpaired) electrons. The topological polar surface area (TPSA) is 47.3 Å². The Balaban J connectivity index is 1.97. The van der Waals surface area contributed by atoms with E-state index in [9.17, 15) is 18.3 Å². The maximum Gasteiger partial charge on any atom is 0.436 e. The van der Waals surface area contributed by atoms with E-state index in [2.05, 4.69) is 25.9 Å². The molecule has 0 spiro atoms. The average molecular weight is 393 g/mol. The summed E-state index contributed by atoms with van der Waals surface area (Å²) in [7, 11) is 0. The fourth-order valence-electron chi connectivity index (χ4n) is 3.01. The summed E-state index contributed by atoms with van der Waals surface area (Å²) < 4.78 is 44.2. The molecule has 1 aromatic rings. The number of alkyl halides is 3. The zero-order valence-electron chi connectivity index (χ0n) is 16.9.